The predicted octanol–water partition coefficient (Wildman–Crippen LogP) is 2.15. The van der Waals surface area contributed by atoms with E-state index < -0.39 is 10.9 Å². The highest BCUT2D eigenvalue weighted by Gasteiger charge is 2.20. The number of hydrogen-bond acceptors (Lipinski definition) is 6. The van der Waals surface area contributed by atoms with E-state index in [9.17, 15) is 20.0 Å². The molecule has 0 amide bonds. The van der Waals surface area contributed by atoms with Crippen molar-refractivity contribution >= 4 is 11.7 Å². The number of methoxy groups -OCH3 is 1. The summed E-state index contributed by atoms with van der Waals surface area (Å²) in [6.07, 6.45) is 1.39. The van der Waals surface area contributed by atoms with Crippen molar-refractivity contribution in [1.29, 1.82) is 0 Å². The fourth-order valence-corrected chi connectivity index (χ4v) is 1.77. The molecule has 1 aromatic carbocycles. The number of aromatic nitrogens is 1. The van der Waals surface area contributed by atoms with Crippen LogP contribution in [-0.2, 0) is 4.74 Å². The first-order chi connectivity index (χ1) is 9.54. The van der Waals surface area contributed by atoms with Gasteiger partial charge in [-0.05, 0) is 18.2 Å². The van der Waals surface area contributed by atoms with Gasteiger partial charge in [0.2, 0.25) is 5.88 Å². The van der Waals surface area contributed by atoms with Crippen molar-refractivity contribution in [2.45, 2.75) is 0 Å². The van der Waals surface area contributed by atoms with Gasteiger partial charge in [0, 0.05) is 29.5 Å². The van der Waals surface area contributed by atoms with Crippen LogP contribution in [0.5, 0.6) is 5.88 Å². The number of rotatable bonds is 3. The first-order valence-corrected chi connectivity index (χ1v) is 5.55. The van der Waals surface area contributed by atoms with Gasteiger partial charge in [-0.2, -0.15) is 0 Å². The molecule has 0 atom stereocenters. The molecule has 2 aromatic rings. The molecule has 0 unspecified atom stereocenters. The Morgan fingerprint density at radius 2 is 2.10 bits per heavy atom. The minimum absolute atomic E-state index is 0.00926. The summed E-state index contributed by atoms with van der Waals surface area (Å²) in [6.45, 7) is 0. The number of ether oxygens (including phenoxy) is 1. The number of hydrogen-bond donors (Lipinski definition) is 1. The monoisotopic (exact) mass is 274 g/mol. The van der Waals surface area contributed by atoms with Crippen molar-refractivity contribution in [3.63, 3.8) is 0 Å². The molecule has 0 saturated carbocycles. The lowest BCUT2D eigenvalue weighted by molar-refractivity contribution is -0.384. The minimum Gasteiger partial charge on any atom is -0.493 e. The molecular formula is C13H10N2O5. The lowest BCUT2D eigenvalue weighted by atomic mass is 10.00. The molecule has 0 saturated heterocycles. The van der Waals surface area contributed by atoms with Crippen LogP contribution in [0.25, 0.3) is 11.1 Å². The van der Waals surface area contributed by atoms with E-state index in [1.54, 1.807) is 12.1 Å². The fraction of sp³-hybridized carbons (Fsp3) is 0.0769. The minimum atomic E-state index is -0.730. The fourth-order valence-electron chi connectivity index (χ4n) is 1.77. The highest BCUT2D eigenvalue weighted by atomic mass is 16.6. The zero-order chi connectivity index (χ0) is 14.7. The number of benzene rings is 1. The molecule has 0 aliphatic carbocycles. The Morgan fingerprint density at radius 1 is 1.35 bits per heavy atom. The number of carbonyl (C=O) groups is 1. The van der Waals surface area contributed by atoms with Crippen LogP contribution < -0.4 is 0 Å². The Labute approximate surface area is 113 Å². The van der Waals surface area contributed by atoms with Gasteiger partial charge in [0.1, 0.15) is 0 Å². The summed E-state index contributed by atoms with van der Waals surface area (Å²) in [5.74, 6) is -1.00. The van der Waals surface area contributed by atoms with E-state index in [0.717, 1.165) is 6.07 Å². The lowest BCUT2D eigenvalue weighted by Gasteiger charge is -2.08. The molecule has 102 valence electrons. The van der Waals surface area contributed by atoms with Gasteiger partial charge in [-0.25, -0.2) is 9.78 Å². The summed E-state index contributed by atoms with van der Waals surface area (Å²) >= 11 is 0. The first kappa shape index (κ1) is 13.5. The first-order valence-electron chi connectivity index (χ1n) is 5.55. The normalized spacial score (nSPS) is 10.1. The number of nitrogens with zero attached hydrogens (tertiary/aromatic N) is 2. The summed E-state index contributed by atoms with van der Waals surface area (Å²) in [6, 6.07) is 6.86. The van der Waals surface area contributed by atoms with E-state index in [1.165, 1.54) is 25.4 Å². The molecule has 2 rings (SSSR count). The SMILES string of the molecule is COC(=O)c1cc([N+](=O)[O-])ccc1-c1cccnc1O. The molecule has 0 bridgehead atoms. The predicted molar refractivity (Wildman–Crippen MR) is 69.3 cm³/mol. The van der Waals surface area contributed by atoms with Crippen molar-refractivity contribution in [2.75, 3.05) is 7.11 Å². The summed E-state index contributed by atoms with van der Waals surface area (Å²) in [7, 11) is 1.17. The second-order valence-corrected chi connectivity index (χ2v) is 3.85. The van der Waals surface area contributed by atoms with Crippen LogP contribution in [0.15, 0.2) is 36.5 Å². The molecule has 0 spiro atoms. The molecule has 1 N–H and O–H groups in total. The topological polar surface area (TPSA) is 103 Å². The van der Waals surface area contributed by atoms with Crippen molar-refractivity contribution < 1.29 is 19.6 Å². The van der Waals surface area contributed by atoms with Crippen molar-refractivity contribution in [3.05, 3.63) is 52.2 Å². The molecule has 20 heavy (non-hydrogen) atoms. The van der Waals surface area contributed by atoms with Crippen LogP contribution >= 0.6 is 0 Å². The Morgan fingerprint density at radius 3 is 2.70 bits per heavy atom. The Hall–Kier alpha value is -2.96. The quantitative estimate of drug-likeness (QED) is 0.522. The molecule has 0 fully saturated rings. The summed E-state index contributed by atoms with van der Waals surface area (Å²) in [5, 5.41) is 20.5. The highest BCUT2D eigenvalue weighted by Crippen LogP contribution is 2.32. The molecule has 1 heterocycles. The number of pyridine rings is 1. The van der Waals surface area contributed by atoms with Crippen LogP contribution in [-0.4, -0.2) is 28.1 Å². The molecule has 0 aliphatic heterocycles. The van der Waals surface area contributed by atoms with E-state index >= 15 is 0 Å². The zero-order valence-electron chi connectivity index (χ0n) is 10.4. The third-order valence-corrected chi connectivity index (χ3v) is 2.70. The van der Waals surface area contributed by atoms with Gasteiger partial charge in [0.15, 0.2) is 0 Å². The molecular weight excluding hydrogens is 264 g/mol. The van der Waals surface area contributed by atoms with Crippen LogP contribution in [0.1, 0.15) is 10.4 Å². The van der Waals surface area contributed by atoms with E-state index in [0.29, 0.717) is 11.1 Å². The second kappa shape index (κ2) is 5.35. The van der Waals surface area contributed by atoms with E-state index in [4.69, 9.17) is 0 Å². The van der Waals surface area contributed by atoms with E-state index in [2.05, 4.69) is 9.72 Å². The molecule has 7 nitrogen and oxygen atoms in total. The smallest absolute Gasteiger partial charge is 0.338 e. The standard InChI is InChI=1S/C13H10N2O5/c1-20-13(17)11-7-8(15(18)19)4-5-9(11)10-3-2-6-14-12(10)16/h2-7H,1H3,(H,14,16). The van der Waals surface area contributed by atoms with Crippen molar-refractivity contribution in [3.8, 4) is 17.0 Å². The summed E-state index contributed by atoms with van der Waals surface area (Å²) in [4.78, 5) is 25.6. The van der Waals surface area contributed by atoms with E-state index in [-0.39, 0.29) is 17.1 Å². The van der Waals surface area contributed by atoms with Crippen LogP contribution in [0.3, 0.4) is 0 Å². The van der Waals surface area contributed by atoms with Gasteiger partial charge < -0.3 is 9.84 Å². The van der Waals surface area contributed by atoms with Gasteiger partial charge in [-0.15, -0.1) is 0 Å². The van der Waals surface area contributed by atoms with Gasteiger partial charge in [0.05, 0.1) is 17.6 Å². The van der Waals surface area contributed by atoms with Crippen LogP contribution in [0, 0.1) is 10.1 Å². The van der Waals surface area contributed by atoms with Crippen LogP contribution in [0.2, 0.25) is 0 Å². The number of aromatic hydroxyl groups is 1. The Balaban J connectivity index is 2.67. The number of carbonyl (C=O) groups excluding carboxylic acids is 1. The average Bonchev–Trinajstić information content (AvgIpc) is 2.46. The zero-order valence-corrected chi connectivity index (χ0v) is 10.4. The second-order valence-electron chi connectivity index (χ2n) is 3.85. The van der Waals surface area contributed by atoms with Gasteiger partial charge in [-0.1, -0.05) is 0 Å². The maximum atomic E-state index is 11.7. The highest BCUT2D eigenvalue weighted by molar-refractivity contribution is 5.98. The number of nitro groups is 1. The van der Waals surface area contributed by atoms with Crippen molar-refractivity contribution in [1.82, 2.24) is 4.98 Å². The Kier molecular flexibility index (Phi) is 3.60. The maximum Gasteiger partial charge on any atom is 0.338 e. The Bertz CT molecular complexity index is 684. The number of esters is 1. The third kappa shape index (κ3) is 2.41. The lowest BCUT2D eigenvalue weighted by Crippen LogP contribution is -2.05. The molecule has 0 aliphatic rings. The molecule has 7 heteroatoms. The van der Waals surface area contributed by atoms with Gasteiger partial charge >= 0.3 is 5.97 Å². The summed E-state index contributed by atoms with van der Waals surface area (Å²) in [5.41, 5.74) is 0.360. The van der Waals surface area contributed by atoms with Gasteiger partial charge in [0.25, 0.3) is 5.69 Å². The molecule has 0 radical (unpaired) electrons. The van der Waals surface area contributed by atoms with Crippen molar-refractivity contribution in [2.24, 2.45) is 0 Å². The molecule has 1 aromatic heterocycles. The number of non-ortho nitro benzene ring substituents is 1. The number of nitro benzene ring substituents is 1. The van der Waals surface area contributed by atoms with Gasteiger partial charge in [-0.3, -0.25) is 10.1 Å². The van der Waals surface area contributed by atoms with E-state index in [1.807, 2.05) is 0 Å². The third-order valence-electron chi connectivity index (χ3n) is 2.70. The van der Waals surface area contributed by atoms with Crippen LogP contribution in [0.4, 0.5) is 5.69 Å². The average molecular weight is 274 g/mol. The maximum absolute atomic E-state index is 11.7. The summed E-state index contributed by atoms with van der Waals surface area (Å²) < 4.78 is 4.61. The largest absolute Gasteiger partial charge is 0.493 e.